The van der Waals surface area contributed by atoms with Gasteiger partial charge in [0.15, 0.2) is 0 Å². The molecule has 0 spiro atoms. The van der Waals surface area contributed by atoms with E-state index in [-0.39, 0.29) is 30.2 Å². The fraction of sp³-hybridized carbons (Fsp3) is 0.429. The van der Waals surface area contributed by atoms with Crippen molar-refractivity contribution in [3.8, 4) is 0 Å². The Hall–Kier alpha value is 0.120. The van der Waals surface area contributed by atoms with Crippen LogP contribution in [0.2, 0.25) is 13.1 Å². The Labute approximate surface area is 182 Å². The molecule has 0 aliphatic heterocycles. The third-order valence-electron chi connectivity index (χ3n) is 5.00. The summed E-state index contributed by atoms with van der Waals surface area (Å²) in [5.41, 5.74) is 9.40. The number of rotatable bonds is 2. The van der Waals surface area contributed by atoms with Crippen molar-refractivity contribution in [3.05, 3.63) is 54.5 Å². The molecule has 25 heavy (non-hydrogen) atoms. The molecule has 0 bridgehead atoms. The van der Waals surface area contributed by atoms with Crippen LogP contribution in [0.4, 0.5) is 0 Å². The summed E-state index contributed by atoms with van der Waals surface area (Å²) in [5.74, 6) is 0. The van der Waals surface area contributed by atoms with E-state index in [1.807, 2.05) is 0 Å². The standard InChI is InChI=1S/C21H27Si.2ClH.Zr/c1-14-10-15-12-16(21(2,3)4)13-19(18(15)11-14)17-8-7-9-20(17)22(5)6;;;/h9,11-13,22H,7,10H2,1-6H3;2*1H;/q;;;+2/p-2. The normalized spacial score (nSPS) is 16.4. The van der Waals surface area contributed by atoms with Crippen molar-refractivity contribution < 1.29 is 49.5 Å². The number of hydrogen-bond acceptors (Lipinski definition) is 0. The van der Waals surface area contributed by atoms with Crippen LogP contribution < -0.4 is 24.8 Å². The van der Waals surface area contributed by atoms with E-state index in [4.69, 9.17) is 0 Å². The molecule has 0 fully saturated rings. The molecule has 133 valence electrons. The molecule has 0 amide bonds. The maximum atomic E-state index is 2.53. The zero-order valence-electron chi connectivity index (χ0n) is 16.1. The van der Waals surface area contributed by atoms with E-state index in [0.717, 1.165) is 6.42 Å². The van der Waals surface area contributed by atoms with Crippen LogP contribution in [0.25, 0.3) is 11.6 Å². The van der Waals surface area contributed by atoms with Crippen molar-refractivity contribution in [3.63, 3.8) is 0 Å². The molecule has 2 aliphatic carbocycles. The number of hydrogen-bond donors (Lipinski definition) is 0. The van der Waals surface area contributed by atoms with Crippen LogP contribution in [-0.4, -0.2) is 8.80 Å². The Morgan fingerprint density at radius 2 is 1.72 bits per heavy atom. The van der Waals surface area contributed by atoms with Crippen molar-refractivity contribution in [2.75, 3.05) is 0 Å². The molecule has 0 radical (unpaired) electrons. The average Bonchev–Trinajstić information content (AvgIpc) is 2.98. The maximum absolute atomic E-state index is 2.53. The molecule has 0 aromatic heterocycles. The molecule has 2 aliphatic rings. The minimum Gasteiger partial charge on any atom is -1.00 e. The first-order valence-corrected chi connectivity index (χ1v) is 12.8. The van der Waals surface area contributed by atoms with Crippen LogP contribution in [0, 0.1) is 0 Å². The minimum atomic E-state index is -0.792. The fourth-order valence-corrected chi connectivity index (χ4v) is 6.49. The molecule has 0 nitrogen and oxygen atoms in total. The van der Waals surface area contributed by atoms with Gasteiger partial charge in [-0.1, -0.05) is 0 Å². The Bertz CT molecular complexity index is 765. The van der Waals surface area contributed by atoms with Gasteiger partial charge in [-0.15, -0.1) is 0 Å². The third-order valence-corrected chi connectivity index (χ3v) is 7.88. The largest absolute Gasteiger partial charge is 1.00 e. The quantitative estimate of drug-likeness (QED) is 0.516. The number of halogens is 2. The van der Waals surface area contributed by atoms with Gasteiger partial charge in [0.1, 0.15) is 0 Å². The van der Waals surface area contributed by atoms with E-state index in [0.29, 0.717) is 0 Å². The van der Waals surface area contributed by atoms with Crippen LogP contribution >= 0.6 is 0 Å². The van der Waals surface area contributed by atoms with Gasteiger partial charge in [0.05, 0.1) is 0 Å². The minimum absolute atomic E-state index is 0. The molecule has 0 saturated carbocycles. The van der Waals surface area contributed by atoms with E-state index >= 15 is 0 Å². The maximum Gasteiger partial charge on any atom is -1.00 e. The summed E-state index contributed by atoms with van der Waals surface area (Å²) in [6, 6.07) is 4.96. The van der Waals surface area contributed by atoms with Gasteiger partial charge >= 0.3 is 159 Å². The van der Waals surface area contributed by atoms with E-state index in [9.17, 15) is 0 Å². The molecular formula is C21H27Cl2SiZr. The van der Waals surface area contributed by atoms with Crippen LogP contribution in [0.1, 0.15) is 56.4 Å². The number of fused-ring (bicyclic) bond motifs is 1. The third kappa shape index (κ3) is 4.52. The van der Waals surface area contributed by atoms with Crippen molar-refractivity contribution in [2.24, 2.45) is 0 Å². The fourth-order valence-electron chi connectivity index (χ4n) is 3.70. The van der Waals surface area contributed by atoms with Gasteiger partial charge in [-0.25, -0.2) is 0 Å². The van der Waals surface area contributed by atoms with Gasteiger partial charge in [-0.2, -0.15) is 0 Å². The summed E-state index contributed by atoms with van der Waals surface area (Å²) in [4.78, 5) is 0. The second-order valence-electron chi connectivity index (χ2n) is 8.39. The summed E-state index contributed by atoms with van der Waals surface area (Å²) in [6.07, 6.45) is 7.28. The van der Waals surface area contributed by atoms with E-state index in [1.165, 1.54) is 34.2 Å². The topological polar surface area (TPSA) is 0 Å². The van der Waals surface area contributed by atoms with Gasteiger partial charge in [-0.3, -0.25) is 0 Å². The summed E-state index contributed by atoms with van der Waals surface area (Å²) in [5, 5.41) is 1.70. The SMILES string of the molecule is CC1=Cc2c(cc(C(C)(C)C)cc2C2=[C]([Zr+2])CC=C2[SiH](C)C)C1.[Cl-].[Cl-]. The molecule has 0 saturated heterocycles. The first kappa shape index (κ1) is 23.2. The Morgan fingerprint density at radius 3 is 2.28 bits per heavy atom. The van der Waals surface area contributed by atoms with Crippen LogP contribution in [-0.2, 0) is 36.6 Å². The van der Waals surface area contributed by atoms with E-state index < -0.39 is 8.80 Å². The average molecular weight is 470 g/mol. The van der Waals surface area contributed by atoms with Gasteiger partial charge in [-0.05, 0) is 0 Å². The van der Waals surface area contributed by atoms with Crippen LogP contribution in [0.15, 0.2) is 32.3 Å². The predicted molar refractivity (Wildman–Crippen MR) is 101 cm³/mol. The molecule has 0 N–H and O–H groups in total. The van der Waals surface area contributed by atoms with Gasteiger partial charge < -0.3 is 24.8 Å². The van der Waals surface area contributed by atoms with E-state index in [2.05, 4.69) is 65.1 Å². The van der Waals surface area contributed by atoms with Crippen molar-refractivity contribution >= 4 is 20.4 Å². The first-order valence-electron chi connectivity index (χ1n) is 8.68. The molecule has 0 atom stereocenters. The second kappa shape index (κ2) is 8.42. The van der Waals surface area contributed by atoms with Gasteiger partial charge in [0.25, 0.3) is 0 Å². The zero-order valence-corrected chi connectivity index (χ0v) is 21.2. The Morgan fingerprint density at radius 1 is 1.08 bits per heavy atom. The number of allylic oxidation sites excluding steroid dienone is 5. The second-order valence-corrected chi connectivity index (χ2v) is 12.8. The molecular weight excluding hydrogens is 442 g/mol. The number of benzene rings is 1. The first-order chi connectivity index (χ1) is 10.7. The monoisotopic (exact) mass is 467 g/mol. The summed E-state index contributed by atoms with van der Waals surface area (Å²) in [6.45, 7) is 14.2. The molecule has 3 rings (SSSR count). The Balaban J connectivity index is 0.00000156. The summed E-state index contributed by atoms with van der Waals surface area (Å²) < 4.78 is 1.65. The molecule has 0 unspecified atom stereocenters. The molecule has 1 aromatic carbocycles. The van der Waals surface area contributed by atoms with Crippen molar-refractivity contribution in [2.45, 2.75) is 59.0 Å². The molecule has 0 heterocycles. The van der Waals surface area contributed by atoms with Crippen molar-refractivity contribution in [1.29, 1.82) is 0 Å². The predicted octanol–water partition coefficient (Wildman–Crippen LogP) is -0.435. The zero-order chi connectivity index (χ0) is 16.9. The smallest absolute Gasteiger partial charge is 1.00 e. The van der Waals surface area contributed by atoms with Gasteiger partial charge in [0, 0.05) is 0 Å². The van der Waals surface area contributed by atoms with Crippen molar-refractivity contribution in [1.82, 2.24) is 0 Å². The Kier molecular flexibility index (Phi) is 7.80. The van der Waals surface area contributed by atoms with E-state index in [1.54, 1.807) is 38.8 Å². The summed E-state index contributed by atoms with van der Waals surface area (Å²) >= 11 is 1.59. The van der Waals surface area contributed by atoms with Gasteiger partial charge in [0.2, 0.25) is 0 Å². The van der Waals surface area contributed by atoms with Crippen LogP contribution in [0.5, 0.6) is 0 Å². The summed E-state index contributed by atoms with van der Waals surface area (Å²) in [7, 11) is -0.792. The van der Waals surface area contributed by atoms with Crippen LogP contribution in [0.3, 0.4) is 0 Å². The molecule has 1 aromatic rings. The molecule has 4 heteroatoms.